The van der Waals surface area contributed by atoms with Crippen LogP contribution < -0.4 is 16.5 Å². The summed E-state index contributed by atoms with van der Waals surface area (Å²) in [6.07, 6.45) is 0. The number of nitrogens with two attached hydrogens (primary N) is 1. The smallest absolute Gasteiger partial charge is 0.362 e. The molecule has 1 aromatic heterocycles. The minimum absolute atomic E-state index is 0.0230. The Balaban J connectivity index is 2.25. The summed E-state index contributed by atoms with van der Waals surface area (Å²) >= 11 is 1.02. The quantitative estimate of drug-likeness (QED) is 0.145. The number of carbonyl (C=O) groups excluding carboxylic acids is 3. The third kappa shape index (κ3) is 5.46. The molecule has 0 unspecified atom stereocenters. The van der Waals surface area contributed by atoms with E-state index in [0.717, 1.165) is 11.3 Å². The van der Waals surface area contributed by atoms with Crippen molar-refractivity contribution in [2.45, 2.75) is 38.5 Å². The molecular formula is C15H23N7O7S2. The second-order valence-electron chi connectivity index (χ2n) is 7.25. The average molecular weight is 478 g/mol. The van der Waals surface area contributed by atoms with Crippen LogP contribution in [0.5, 0.6) is 0 Å². The Morgan fingerprint density at radius 3 is 2.48 bits per heavy atom. The highest BCUT2D eigenvalue weighted by atomic mass is 32.2. The van der Waals surface area contributed by atoms with E-state index in [4.69, 9.17) is 15.1 Å². The molecular weight excluding hydrogens is 454 g/mol. The fourth-order valence-corrected chi connectivity index (χ4v) is 3.88. The second-order valence-corrected chi connectivity index (χ2v) is 9.43. The SMILES string of the molecule is C[C@H]1[C@H](NC(=O)/C(=N\OC(C)(C)C(=O)NN(C)C)c2csc(N)n2)C(=O)N1S(=O)(=O)O. The molecule has 172 valence electrons. The molecule has 3 amide bonds. The first-order valence-electron chi connectivity index (χ1n) is 8.72. The van der Waals surface area contributed by atoms with Gasteiger partial charge in [-0.15, -0.1) is 11.3 Å². The van der Waals surface area contributed by atoms with Gasteiger partial charge in [-0.25, -0.2) is 14.3 Å². The van der Waals surface area contributed by atoms with E-state index in [1.807, 2.05) is 0 Å². The van der Waals surface area contributed by atoms with Gasteiger partial charge in [0.2, 0.25) is 5.60 Å². The van der Waals surface area contributed by atoms with Gasteiger partial charge in [0.15, 0.2) is 10.8 Å². The van der Waals surface area contributed by atoms with Crippen molar-refractivity contribution in [1.82, 2.24) is 25.0 Å². The number of anilines is 1. The van der Waals surface area contributed by atoms with Crippen LogP contribution in [-0.2, 0) is 29.5 Å². The highest BCUT2D eigenvalue weighted by Gasteiger charge is 2.51. The summed E-state index contributed by atoms with van der Waals surface area (Å²) in [4.78, 5) is 46.3. The van der Waals surface area contributed by atoms with Gasteiger partial charge in [-0.2, -0.15) is 8.42 Å². The van der Waals surface area contributed by atoms with Crippen molar-refractivity contribution in [2.24, 2.45) is 5.16 Å². The number of nitrogens with zero attached hydrogens (tertiary/aromatic N) is 4. The monoisotopic (exact) mass is 477 g/mol. The number of nitrogens with one attached hydrogen (secondary N) is 2. The van der Waals surface area contributed by atoms with Crippen molar-refractivity contribution in [3.05, 3.63) is 11.1 Å². The van der Waals surface area contributed by atoms with Gasteiger partial charge >= 0.3 is 10.3 Å². The van der Waals surface area contributed by atoms with Crippen LogP contribution in [0.1, 0.15) is 26.5 Å². The summed E-state index contributed by atoms with van der Waals surface area (Å²) in [6, 6.07) is -2.27. The standard InChI is InChI=1S/C15H23N7O7S2/c1-7-9(12(24)22(7)31(26,27)28)18-11(23)10(8-6-30-14(16)17-8)20-29-15(2,3)13(25)19-21(4)5/h6-7,9H,1-5H3,(H2,16,17)(H,18,23)(H,19,25)(H,26,27,28)/b20-10-/t7-,9-/m0/s1. The summed E-state index contributed by atoms with van der Waals surface area (Å²) < 4.78 is 31.7. The average Bonchev–Trinajstić information content (AvgIpc) is 3.04. The first kappa shape index (κ1) is 24.4. The van der Waals surface area contributed by atoms with Crippen LogP contribution in [0.3, 0.4) is 0 Å². The molecule has 14 nitrogen and oxygen atoms in total. The number of β-lactam (4-membered cyclic amide) rings is 1. The minimum Gasteiger partial charge on any atom is -0.379 e. The van der Waals surface area contributed by atoms with Crippen molar-refractivity contribution in [3.8, 4) is 0 Å². The molecule has 0 aromatic carbocycles. The van der Waals surface area contributed by atoms with Crippen LogP contribution in [0.2, 0.25) is 0 Å². The van der Waals surface area contributed by atoms with E-state index in [2.05, 4.69) is 20.9 Å². The van der Waals surface area contributed by atoms with E-state index >= 15 is 0 Å². The lowest BCUT2D eigenvalue weighted by Crippen LogP contribution is -2.71. The first-order chi connectivity index (χ1) is 14.1. The van der Waals surface area contributed by atoms with Crippen molar-refractivity contribution in [2.75, 3.05) is 19.8 Å². The van der Waals surface area contributed by atoms with Crippen molar-refractivity contribution < 1.29 is 32.2 Å². The fourth-order valence-electron chi connectivity index (χ4n) is 2.45. The molecule has 16 heteroatoms. The summed E-state index contributed by atoms with van der Waals surface area (Å²) in [7, 11) is -1.55. The number of rotatable bonds is 8. The fraction of sp³-hybridized carbons (Fsp3) is 0.533. The van der Waals surface area contributed by atoms with Gasteiger partial charge in [-0.1, -0.05) is 5.16 Å². The van der Waals surface area contributed by atoms with Crippen molar-refractivity contribution in [1.29, 1.82) is 0 Å². The van der Waals surface area contributed by atoms with Crippen LogP contribution in [0, 0.1) is 0 Å². The molecule has 2 rings (SSSR count). The topological polar surface area (TPSA) is 197 Å². The number of oxime groups is 1. The van der Waals surface area contributed by atoms with Gasteiger partial charge in [0.1, 0.15) is 11.7 Å². The zero-order valence-corrected chi connectivity index (χ0v) is 18.9. The van der Waals surface area contributed by atoms with E-state index in [1.165, 1.54) is 31.2 Å². The maximum Gasteiger partial charge on any atom is 0.362 e. The molecule has 1 aromatic rings. The normalized spacial score (nSPS) is 19.8. The number of hydrazine groups is 1. The Bertz CT molecular complexity index is 1020. The molecule has 5 N–H and O–H groups in total. The third-order valence-corrected chi connectivity index (χ3v) is 5.77. The van der Waals surface area contributed by atoms with Gasteiger partial charge in [-0.05, 0) is 20.8 Å². The Morgan fingerprint density at radius 2 is 2.03 bits per heavy atom. The van der Waals surface area contributed by atoms with Crippen LogP contribution in [0.25, 0.3) is 0 Å². The number of thiazole rings is 1. The predicted octanol–water partition coefficient (Wildman–Crippen LogP) is -1.66. The highest BCUT2D eigenvalue weighted by molar-refractivity contribution is 7.84. The molecule has 0 aliphatic carbocycles. The van der Waals surface area contributed by atoms with Gasteiger partial charge in [0.05, 0.1) is 6.04 Å². The summed E-state index contributed by atoms with van der Waals surface area (Å²) in [5.74, 6) is -2.49. The minimum atomic E-state index is -4.75. The molecule has 0 saturated carbocycles. The maximum atomic E-state index is 12.8. The highest BCUT2D eigenvalue weighted by Crippen LogP contribution is 2.23. The lowest BCUT2D eigenvalue weighted by atomic mass is 10.0. The Hall–Kier alpha value is -2.82. The molecule has 1 fully saturated rings. The molecule has 1 aliphatic rings. The second kappa shape index (κ2) is 8.74. The number of amides is 3. The van der Waals surface area contributed by atoms with E-state index in [1.54, 1.807) is 14.1 Å². The molecule has 1 saturated heterocycles. The van der Waals surface area contributed by atoms with Crippen molar-refractivity contribution >= 4 is 50.2 Å². The van der Waals surface area contributed by atoms with Gasteiger partial charge in [0.25, 0.3) is 17.7 Å². The molecule has 0 spiro atoms. The van der Waals surface area contributed by atoms with E-state index in [0.29, 0.717) is 0 Å². The first-order valence-corrected chi connectivity index (χ1v) is 11.0. The lowest BCUT2D eigenvalue weighted by Gasteiger charge is -2.42. The van der Waals surface area contributed by atoms with Crippen LogP contribution in [-0.4, -0.2) is 82.5 Å². The third-order valence-electron chi connectivity index (χ3n) is 4.09. The summed E-state index contributed by atoms with van der Waals surface area (Å²) in [5, 5.41) is 9.03. The number of nitrogen functional groups attached to an aromatic ring is 1. The Morgan fingerprint density at radius 1 is 1.42 bits per heavy atom. The molecule has 0 bridgehead atoms. The molecule has 31 heavy (non-hydrogen) atoms. The molecule has 2 atom stereocenters. The van der Waals surface area contributed by atoms with Crippen molar-refractivity contribution in [3.63, 3.8) is 0 Å². The molecule has 0 radical (unpaired) electrons. The van der Waals surface area contributed by atoms with E-state index in [9.17, 15) is 22.8 Å². The number of hydrogen-bond acceptors (Lipinski definition) is 11. The predicted molar refractivity (Wildman–Crippen MR) is 110 cm³/mol. The summed E-state index contributed by atoms with van der Waals surface area (Å²) in [5.41, 5.74) is 6.25. The van der Waals surface area contributed by atoms with Gasteiger partial charge in [-0.3, -0.25) is 24.4 Å². The number of aromatic nitrogens is 1. The van der Waals surface area contributed by atoms with Gasteiger partial charge in [0, 0.05) is 19.5 Å². The number of hydrogen-bond donors (Lipinski definition) is 4. The Kier molecular flexibility index (Phi) is 6.89. The van der Waals surface area contributed by atoms with E-state index < -0.39 is 45.7 Å². The maximum absolute atomic E-state index is 12.8. The lowest BCUT2D eigenvalue weighted by molar-refractivity contribution is -0.147. The van der Waals surface area contributed by atoms with Gasteiger partial charge < -0.3 is 15.9 Å². The molecule has 1 aliphatic heterocycles. The zero-order valence-electron chi connectivity index (χ0n) is 17.3. The zero-order chi connectivity index (χ0) is 23.7. The van der Waals surface area contributed by atoms with Crippen LogP contribution in [0.15, 0.2) is 10.5 Å². The summed E-state index contributed by atoms with van der Waals surface area (Å²) in [6.45, 7) is 4.16. The van der Waals surface area contributed by atoms with Crippen LogP contribution >= 0.6 is 11.3 Å². The van der Waals surface area contributed by atoms with Crippen LogP contribution in [0.4, 0.5) is 5.13 Å². The molecule has 2 heterocycles. The van der Waals surface area contributed by atoms with E-state index in [-0.39, 0.29) is 20.8 Å². The number of carbonyl (C=O) groups is 3. The largest absolute Gasteiger partial charge is 0.379 e. The Labute approximate surface area is 182 Å².